The van der Waals surface area contributed by atoms with E-state index in [1.165, 1.54) is 11.8 Å². The van der Waals surface area contributed by atoms with Gasteiger partial charge in [-0.1, -0.05) is 35.9 Å². The molecule has 0 aliphatic rings. The first kappa shape index (κ1) is 18.5. The minimum absolute atomic E-state index is 0.00428. The van der Waals surface area contributed by atoms with Crippen molar-refractivity contribution >= 4 is 17.5 Å². The van der Waals surface area contributed by atoms with Crippen molar-refractivity contribution in [3.05, 3.63) is 59.7 Å². The number of nitrogens with one attached hydrogen (secondary N) is 1. The Hall–Kier alpha value is -2.82. The zero-order chi connectivity index (χ0) is 18.2. The van der Waals surface area contributed by atoms with Crippen LogP contribution in [0.3, 0.4) is 0 Å². The van der Waals surface area contributed by atoms with Crippen LogP contribution in [0.5, 0.6) is 5.75 Å². The molecule has 0 atom stereocenters. The summed E-state index contributed by atoms with van der Waals surface area (Å²) in [7, 11) is 1.63. The van der Waals surface area contributed by atoms with Crippen LogP contribution in [-0.4, -0.2) is 32.0 Å². The van der Waals surface area contributed by atoms with Gasteiger partial charge in [-0.15, -0.1) is 0 Å². The van der Waals surface area contributed by atoms with Gasteiger partial charge in [0.2, 0.25) is 11.8 Å². The van der Waals surface area contributed by atoms with Gasteiger partial charge in [-0.25, -0.2) is 0 Å². The molecule has 0 saturated heterocycles. The number of methoxy groups -OCH3 is 1. The highest BCUT2D eigenvalue weighted by Gasteiger charge is 2.15. The van der Waals surface area contributed by atoms with E-state index < -0.39 is 0 Å². The van der Waals surface area contributed by atoms with Crippen molar-refractivity contribution in [2.24, 2.45) is 0 Å². The summed E-state index contributed by atoms with van der Waals surface area (Å²) >= 11 is 0. The van der Waals surface area contributed by atoms with Crippen molar-refractivity contribution in [2.75, 3.05) is 25.1 Å². The minimum atomic E-state index is -0.189. The predicted octanol–water partition coefficient (Wildman–Crippen LogP) is 2.72. The fraction of sp³-hybridized carbons (Fsp3) is 0.300. The van der Waals surface area contributed by atoms with Gasteiger partial charge in [-0.2, -0.15) is 0 Å². The Morgan fingerprint density at radius 3 is 2.40 bits per heavy atom. The Bertz CT molecular complexity index is 726. The summed E-state index contributed by atoms with van der Waals surface area (Å²) in [5.41, 5.74) is 2.86. The summed E-state index contributed by atoms with van der Waals surface area (Å²) in [6.07, 6.45) is 0.667. The van der Waals surface area contributed by atoms with E-state index in [9.17, 15) is 9.59 Å². The number of hydrogen-bond donors (Lipinski definition) is 1. The molecule has 0 saturated carbocycles. The molecule has 25 heavy (non-hydrogen) atoms. The van der Waals surface area contributed by atoms with Gasteiger partial charge < -0.3 is 15.0 Å². The van der Waals surface area contributed by atoms with Gasteiger partial charge in [0.05, 0.1) is 7.11 Å². The topological polar surface area (TPSA) is 58.6 Å². The zero-order valence-electron chi connectivity index (χ0n) is 14.9. The first-order chi connectivity index (χ1) is 12.0. The Labute approximate surface area is 148 Å². The molecule has 0 heterocycles. The van der Waals surface area contributed by atoms with Crippen molar-refractivity contribution < 1.29 is 14.3 Å². The molecule has 0 bridgehead atoms. The predicted molar refractivity (Wildman–Crippen MR) is 98.9 cm³/mol. The van der Waals surface area contributed by atoms with Crippen LogP contribution in [0.2, 0.25) is 0 Å². The summed E-state index contributed by atoms with van der Waals surface area (Å²) < 4.78 is 5.30. The number of nitrogens with zero attached hydrogens (tertiary/aromatic N) is 1. The number of aryl methyl sites for hydroxylation is 1. The zero-order valence-corrected chi connectivity index (χ0v) is 14.9. The molecule has 0 radical (unpaired) electrons. The molecule has 2 aromatic rings. The quantitative estimate of drug-likeness (QED) is 0.843. The molecule has 0 aromatic heterocycles. The first-order valence-electron chi connectivity index (χ1n) is 8.24. The molecule has 1 N–H and O–H groups in total. The molecule has 132 valence electrons. The van der Waals surface area contributed by atoms with Crippen molar-refractivity contribution in [3.8, 4) is 5.75 Å². The van der Waals surface area contributed by atoms with E-state index in [0.29, 0.717) is 13.0 Å². The number of carbonyl (C=O) groups excluding carboxylic acids is 2. The minimum Gasteiger partial charge on any atom is -0.496 e. The van der Waals surface area contributed by atoms with Gasteiger partial charge in [-0.3, -0.25) is 9.59 Å². The second-order valence-corrected chi connectivity index (χ2v) is 5.85. The van der Waals surface area contributed by atoms with Crippen LogP contribution >= 0.6 is 0 Å². The van der Waals surface area contributed by atoms with E-state index in [1.54, 1.807) is 7.11 Å². The lowest BCUT2D eigenvalue weighted by atomic mass is 10.1. The van der Waals surface area contributed by atoms with Gasteiger partial charge >= 0.3 is 0 Å². The van der Waals surface area contributed by atoms with Crippen molar-refractivity contribution in [3.63, 3.8) is 0 Å². The Morgan fingerprint density at radius 1 is 1.08 bits per heavy atom. The highest BCUT2D eigenvalue weighted by molar-refractivity contribution is 5.97. The van der Waals surface area contributed by atoms with E-state index in [-0.39, 0.29) is 18.4 Å². The molecule has 5 nitrogen and oxygen atoms in total. The van der Waals surface area contributed by atoms with Crippen LogP contribution in [0.1, 0.15) is 18.1 Å². The van der Waals surface area contributed by atoms with E-state index in [4.69, 9.17) is 4.74 Å². The number of carbonyl (C=O) groups is 2. The normalized spacial score (nSPS) is 10.2. The fourth-order valence-corrected chi connectivity index (χ4v) is 2.55. The van der Waals surface area contributed by atoms with Crippen LogP contribution in [0, 0.1) is 6.92 Å². The second-order valence-electron chi connectivity index (χ2n) is 5.85. The van der Waals surface area contributed by atoms with Crippen molar-refractivity contribution in [1.29, 1.82) is 0 Å². The Balaban J connectivity index is 1.91. The largest absolute Gasteiger partial charge is 0.496 e. The van der Waals surface area contributed by atoms with Crippen LogP contribution in [0.15, 0.2) is 48.5 Å². The fourth-order valence-electron chi connectivity index (χ4n) is 2.55. The van der Waals surface area contributed by atoms with Gasteiger partial charge in [0, 0.05) is 19.2 Å². The van der Waals surface area contributed by atoms with Gasteiger partial charge in [0.25, 0.3) is 0 Å². The SMILES string of the molecule is COc1ccccc1CCNC(=O)CN(C(C)=O)c1ccc(C)cc1. The molecule has 0 unspecified atom stereocenters. The van der Waals surface area contributed by atoms with Crippen LogP contribution in [0.25, 0.3) is 0 Å². The molecule has 0 fully saturated rings. The maximum Gasteiger partial charge on any atom is 0.240 e. The second kappa shape index (κ2) is 8.87. The van der Waals surface area contributed by atoms with Gasteiger partial charge in [0.15, 0.2) is 0 Å². The van der Waals surface area contributed by atoms with E-state index >= 15 is 0 Å². The molecule has 0 spiro atoms. The molecule has 5 heteroatoms. The van der Waals surface area contributed by atoms with Crippen LogP contribution in [0.4, 0.5) is 5.69 Å². The number of amides is 2. The molecule has 0 aliphatic heterocycles. The standard InChI is InChI=1S/C20H24N2O3/c1-15-8-10-18(11-9-15)22(16(2)23)14-20(24)21-13-12-17-6-4-5-7-19(17)25-3/h4-11H,12-14H2,1-3H3,(H,21,24). The number of ether oxygens (including phenoxy) is 1. The van der Waals surface area contributed by atoms with E-state index in [2.05, 4.69) is 5.32 Å². The monoisotopic (exact) mass is 340 g/mol. The lowest BCUT2D eigenvalue weighted by molar-refractivity contribution is -0.123. The third-order valence-electron chi connectivity index (χ3n) is 3.94. The molecular weight excluding hydrogens is 316 g/mol. The molecule has 2 amide bonds. The number of benzene rings is 2. The van der Waals surface area contributed by atoms with Gasteiger partial charge in [0.1, 0.15) is 12.3 Å². The number of anilines is 1. The van der Waals surface area contributed by atoms with Gasteiger partial charge in [-0.05, 0) is 37.1 Å². The lowest BCUT2D eigenvalue weighted by Gasteiger charge is -2.21. The smallest absolute Gasteiger partial charge is 0.240 e. The van der Waals surface area contributed by atoms with Crippen molar-refractivity contribution in [1.82, 2.24) is 5.32 Å². The summed E-state index contributed by atoms with van der Waals surface area (Å²) in [4.78, 5) is 25.5. The summed E-state index contributed by atoms with van der Waals surface area (Å²) in [5, 5.41) is 2.86. The van der Waals surface area contributed by atoms with E-state index in [0.717, 1.165) is 22.6 Å². The average molecular weight is 340 g/mol. The Morgan fingerprint density at radius 2 is 1.76 bits per heavy atom. The van der Waals surface area contributed by atoms with Crippen LogP contribution < -0.4 is 15.0 Å². The first-order valence-corrected chi connectivity index (χ1v) is 8.24. The molecule has 2 aromatic carbocycles. The number of hydrogen-bond acceptors (Lipinski definition) is 3. The molecule has 2 rings (SSSR count). The molecule has 0 aliphatic carbocycles. The number of rotatable bonds is 7. The average Bonchev–Trinajstić information content (AvgIpc) is 2.61. The highest BCUT2D eigenvalue weighted by atomic mass is 16.5. The number of para-hydroxylation sites is 1. The maximum absolute atomic E-state index is 12.2. The van der Waals surface area contributed by atoms with E-state index in [1.807, 2.05) is 55.5 Å². The summed E-state index contributed by atoms with van der Waals surface area (Å²) in [6, 6.07) is 15.3. The lowest BCUT2D eigenvalue weighted by Crippen LogP contribution is -2.40. The summed E-state index contributed by atoms with van der Waals surface area (Å²) in [6.45, 7) is 3.93. The molecular formula is C20H24N2O3. The third kappa shape index (κ3) is 5.35. The third-order valence-corrected chi connectivity index (χ3v) is 3.94. The maximum atomic E-state index is 12.2. The highest BCUT2D eigenvalue weighted by Crippen LogP contribution is 2.17. The Kier molecular flexibility index (Phi) is 6.57. The van der Waals surface area contributed by atoms with Crippen molar-refractivity contribution in [2.45, 2.75) is 20.3 Å². The van der Waals surface area contributed by atoms with Crippen LogP contribution in [-0.2, 0) is 16.0 Å². The summed E-state index contributed by atoms with van der Waals surface area (Å²) in [5.74, 6) is 0.455.